The van der Waals surface area contributed by atoms with Crippen molar-refractivity contribution in [3.05, 3.63) is 34.9 Å². The lowest BCUT2D eigenvalue weighted by Gasteiger charge is -2.36. The first-order valence-corrected chi connectivity index (χ1v) is 15.5. The van der Waals surface area contributed by atoms with Crippen molar-refractivity contribution >= 4 is 23.9 Å². The number of esters is 1. The Hall–Kier alpha value is -3.10. The van der Waals surface area contributed by atoms with Gasteiger partial charge in [0.2, 0.25) is 11.8 Å². The van der Waals surface area contributed by atoms with Gasteiger partial charge in [0.15, 0.2) is 0 Å². The monoisotopic (exact) mass is 589 g/mol. The van der Waals surface area contributed by atoms with Gasteiger partial charge in [-0.25, -0.2) is 4.79 Å². The zero-order valence-electron chi connectivity index (χ0n) is 27.4. The van der Waals surface area contributed by atoms with Crippen LogP contribution in [0.2, 0.25) is 0 Å². The molecule has 0 fully saturated rings. The molecule has 9 heteroatoms. The van der Waals surface area contributed by atoms with Crippen LogP contribution < -0.4 is 10.6 Å². The van der Waals surface area contributed by atoms with Crippen molar-refractivity contribution in [3.8, 4) is 0 Å². The summed E-state index contributed by atoms with van der Waals surface area (Å²) in [6.45, 7) is 17.8. The Balaban J connectivity index is 3.52. The number of rotatable bonds is 17. The van der Waals surface area contributed by atoms with Crippen LogP contribution in [0.25, 0.3) is 0 Å². The number of amides is 3. The third-order valence-corrected chi connectivity index (χ3v) is 6.92. The van der Waals surface area contributed by atoms with Gasteiger partial charge in [-0.1, -0.05) is 64.7 Å². The van der Waals surface area contributed by atoms with Gasteiger partial charge in [-0.05, 0) is 77.0 Å². The lowest BCUT2D eigenvalue weighted by atomic mass is 9.94. The normalized spacial score (nSPS) is 12.8. The second-order valence-corrected chi connectivity index (χ2v) is 12.3. The zero-order chi connectivity index (χ0) is 31.9. The molecule has 0 saturated heterocycles. The second-order valence-electron chi connectivity index (χ2n) is 12.3. The molecule has 1 aromatic carbocycles. The van der Waals surface area contributed by atoms with Crippen molar-refractivity contribution in [2.45, 2.75) is 125 Å². The minimum atomic E-state index is -0.944. The Morgan fingerprint density at radius 3 is 2.24 bits per heavy atom. The van der Waals surface area contributed by atoms with E-state index in [1.165, 1.54) is 0 Å². The second kappa shape index (κ2) is 18.4. The standard InChI is InChI=1S/C33H55N3O6/c1-10-12-13-14-15-21-36(31(39)27(22-23(3)4)35-32(40)42-33(7,8)9)29(26-18-16-17-24(5)25(26)6)30(38)34-20-19-28(37)41-11-2/h16-18,23,27,29H,10-15,19-22H2,1-9H3,(H,34,38)(H,35,40). The minimum Gasteiger partial charge on any atom is -0.466 e. The summed E-state index contributed by atoms with van der Waals surface area (Å²) >= 11 is 0. The van der Waals surface area contributed by atoms with Crippen molar-refractivity contribution < 1.29 is 28.7 Å². The average molecular weight is 590 g/mol. The molecule has 0 radical (unpaired) electrons. The summed E-state index contributed by atoms with van der Waals surface area (Å²) in [5, 5.41) is 5.66. The van der Waals surface area contributed by atoms with E-state index < -0.39 is 29.7 Å². The topological polar surface area (TPSA) is 114 Å². The summed E-state index contributed by atoms with van der Waals surface area (Å²) in [4.78, 5) is 54.7. The van der Waals surface area contributed by atoms with Gasteiger partial charge in [0.05, 0.1) is 13.0 Å². The Labute approximate surface area is 253 Å². The van der Waals surface area contributed by atoms with E-state index in [9.17, 15) is 19.2 Å². The van der Waals surface area contributed by atoms with Crippen LogP contribution in [0.3, 0.4) is 0 Å². The van der Waals surface area contributed by atoms with Crippen molar-refractivity contribution in [1.29, 1.82) is 0 Å². The van der Waals surface area contributed by atoms with E-state index in [1.54, 1.807) is 32.6 Å². The summed E-state index contributed by atoms with van der Waals surface area (Å²) in [5.41, 5.74) is 1.89. The molecule has 1 rings (SSSR count). The molecular weight excluding hydrogens is 534 g/mol. The molecule has 0 spiro atoms. The maximum Gasteiger partial charge on any atom is 0.408 e. The lowest BCUT2D eigenvalue weighted by Crippen LogP contribution is -2.53. The predicted octanol–water partition coefficient (Wildman–Crippen LogP) is 6.15. The minimum absolute atomic E-state index is 0.0280. The molecule has 42 heavy (non-hydrogen) atoms. The van der Waals surface area contributed by atoms with E-state index in [-0.39, 0.29) is 37.3 Å². The van der Waals surface area contributed by atoms with Gasteiger partial charge < -0.3 is 25.0 Å². The van der Waals surface area contributed by atoms with Crippen molar-refractivity contribution in [3.63, 3.8) is 0 Å². The maximum absolute atomic E-state index is 14.4. The average Bonchev–Trinajstić information content (AvgIpc) is 2.88. The van der Waals surface area contributed by atoms with Gasteiger partial charge in [-0.3, -0.25) is 14.4 Å². The third-order valence-electron chi connectivity index (χ3n) is 6.92. The molecule has 2 unspecified atom stereocenters. The molecule has 0 heterocycles. The number of hydrogen-bond acceptors (Lipinski definition) is 6. The van der Waals surface area contributed by atoms with Crippen molar-refractivity contribution in [2.24, 2.45) is 5.92 Å². The maximum atomic E-state index is 14.4. The first-order chi connectivity index (χ1) is 19.7. The highest BCUT2D eigenvalue weighted by Crippen LogP contribution is 2.28. The summed E-state index contributed by atoms with van der Waals surface area (Å²) < 4.78 is 10.5. The van der Waals surface area contributed by atoms with Gasteiger partial charge in [-0.2, -0.15) is 0 Å². The number of unbranched alkanes of at least 4 members (excludes halogenated alkanes) is 4. The Bertz CT molecular complexity index is 1020. The molecule has 0 aliphatic rings. The Morgan fingerprint density at radius 1 is 0.976 bits per heavy atom. The molecule has 238 valence electrons. The molecular formula is C33H55N3O6. The first kappa shape index (κ1) is 36.9. The fourth-order valence-electron chi connectivity index (χ4n) is 4.73. The molecule has 9 nitrogen and oxygen atoms in total. The number of nitrogens with zero attached hydrogens (tertiary/aromatic N) is 1. The van der Waals surface area contributed by atoms with Crippen LogP contribution in [0, 0.1) is 19.8 Å². The number of benzene rings is 1. The third kappa shape index (κ3) is 13.3. The van der Waals surface area contributed by atoms with E-state index in [0.717, 1.165) is 36.8 Å². The number of carbonyl (C=O) groups excluding carboxylic acids is 4. The smallest absolute Gasteiger partial charge is 0.408 e. The largest absolute Gasteiger partial charge is 0.466 e. The van der Waals surface area contributed by atoms with Crippen molar-refractivity contribution in [2.75, 3.05) is 19.7 Å². The molecule has 0 bridgehead atoms. The molecule has 0 saturated carbocycles. The van der Waals surface area contributed by atoms with Crippen LogP contribution in [-0.2, 0) is 23.9 Å². The summed E-state index contributed by atoms with van der Waals surface area (Å²) in [6, 6.07) is 3.90. The van der Waals surface area contributed by atoms with Gasteiger partial charge in [-0.15, -0.1) is 0 Å². The number of carbonyl (C=O) groups is 4. The van der Waals surface area contributed by atoms with Crippen LogP contribution in [0.1, 0.15) is 116 Å². The van der Waals surface area contributed by atoms with Gasteiger partial charge in [0.25, 0.3) is 0 Å². The quantitative estimate of drug-likeness (QED) is 0.166. The summed E-state index contributed by atoms with van der Waals surface area (Å²) in [7, 11) is 0. The van der Waals surface area contributed by atoms with Gasteiger partial charge >= 0.3 is 12.1 Å². The number of hydrogen-bond donors (Lipinski definition) is 2. The van der Waals surface area contributed by atoms with E-state index >= 15 is 0 Å². The van der Waals surface area contributed by atoms with E-state index in [1.807, 2.05) is 45.9 Å². The number of alkyl carbamates (subject to hydrolysis) is 1. The highest BCUT2D eigenvalue weighted by molar-refractivity contribution is 5.92. The van der Waals surface area contributed by atoms with E-state index in [4.69, 9.17) is 9.47 Å². The molecule has 0 aliphatic carbocycles. The van der Waals surface area contributed by atoms with E-state index in [2.05, 4.69) is 17.6 Å². The molecule has 1 aromatic rings. The number of ether oxygens (including phenoxy) is 2. The molecule has 0 aromatic heterocycles. The first-order valence-electron chi connectivity index (χ1n) is 15.5. The fraction of sp³-hybridized carbons (Fsp3) is 0.697. The summed E-state index contributed by atoms with van der Waals surface area (Å²) in [5.74, 6) is -1.02. The molecule has 2 atom stereocenters. The predicted molar refractivity (Wildman–Crippen MR) is 166 cm³/mol. The van der Waals surface area contributed by atoms with Crippen LogP contribution in [0.15, 0.2) is 18.2 Å². The van der Waals surface area contributed by atoms with Crippen LogP contribution >= 0.6 is 0 Å². The van der Waals surface area contributed by atoms with Crippen LogP contribution in [-0.4, -0.2) is 60.1 Å². The fourth-order valence-corrected chi connectivity index (χ4v) is 4.73. The number of aryl methyl sites for hydroxylation is 1. The Kier molecular flexibility index (Phi) is 16.2. The van der Waals surface area contributed by atoms with Crippen LogP contribution in [0.4, 0.5) is 4.79 Å². The van der Waals surface area contributed by atoms with Gasteiger partial charge in [0, 0.05) is 13.1 Å². The Morgan fingerprint density at radius 2 is 1.64 bits per heavy atom. The van der Waals surface area contributed by atoms with E-state index in [0.29, 0.717) is 24.9 Å². The highest BCUT2D eigenvalue weighted by atomic mass is 16.6. The molecule has 2 N–H and O–H groups in total. The highest BCUT2D eigenvalue weighted by Gasteiger charge is 2.37. The lowest BCUT2D eigenvalue weighted by molar-refractivity contribution is -0.144. The van der Waals surface area contributed by atoms with Gasteiger partial charge in [0.1, 0.15) is 17.7 Å². The van der Waals surface area contributed by atoms with Crippen molar-refractivity contribution in [1.82, 2.24) is 15.5 Å². The zero-order valence-corrected chi connectivity index (χ0v) is 27.4. The summed E-state index contributed by atoms with van der Waals surface area (Å²) in [6.07, 6.45) is 4.58. The molecule has 0 aliphatic heterocycles. The van der Waals surface area contributed by atoms with Crippen LogP contribution in [0.5, 0.6) is 0 Å². The SMILES string of the molecule is CCCCCCCN(C(=O)C(CC(C)C)NC(=O)OC(C)(C)C)C(C(=O)NCCC(=O)OCC)c1cccc(C)c1C. The molecule has 3 amide bonds. The number of nitrogens with one attached hydrogen (secondary N) is 2.